The first-order valence-electron chi connectivity index (χ1n) is 4.21. The predicted molar refractivity (Wildman–Crippen MR) is 53.0 cm³/mol. The molecule has 1 aliphatic rings. The zero-order valence-electron chi connectivity index (χ0n) is 8.51. The molecule has 82 valence electrons. The molecule has 1 heterocycles. The van der Waals surface area contributed by atoms with Gasteiger partial charge in [0.2, 0.25) is 0 Å². The minimum absolute atomic E-state index is 0.338. The molecule has 6 heteroatoms. The van der Waals surface area contributed by atoms with E-state index in [0.717, 1.165) is 11.6 Å². The molecule has 0 saturated carbocycles. The molecule has 0 saturated heterocycles. The Kier molecular flexibility index (Phi) is 3.87. The molecular weight excluding hydrogens is 200 g/mol. The third kappa shape index (κ3) is 3.10. The van der Waals surface area contributed by atoms with E-state index in [-0.39, 0.29) is 0 Å². The number of carboxylic acids is 1. The van der Waals surface area contributed by atoms with Gasteiger partial charge in [-0.2, -0.15) is 0 Å². The highest BCUT2D eigenvalue weighted by atomic mass is 16.7. The van der Waals surface area contributed by atoms with Gasteiger partial charge in [0, 0.05) is 12.3 Å². The van der Waals surface area contributed by atoms with E-state index in [9.17, 15) is 4.79 Å². The van der Waals surface area contributed by atoms with E-state index in [0.29, 0.717) is 12.6 Å². The summed E-state index contributed by atoms with van der Waals surface area (Å²) in [6, 6.07) is 0.338. The second-order valence-electron chi connectivity index (χ2n) is 2.71. The fourth-order valence-corrected chi connectivity index (χ4v) is 1.05. The standard InChI is InChI=1S/C9H12N2O4/c1-14-9-10-5-7(3-4-8(12)13)6-11(9)15-2/h3-5H,6H2,1-2H3,(H,12,13). The summed E-state index contributed by atoms with van der Waals surface area (Å²) < 4.78 is 4.93. The van der Waals surface area contributed by atoms with Gasteiger partial charge in [-0.15, -0.1) is 0 Å². The Labute approximate surface area is 87.1 Å². The van der Waals surface area contributed by atoms with Crippen molar-refractivity contribution in [1.82, 2.24) is 5.06 Å². The van der Waals surface area contributed by atoms with Crippen molar-refractivity contribution in [2.24, 2.45) is 4.99 Å². The Balaban J connectivity index is 2.74. The number of amidine groups is 1. The van der Waals surface area contributed by atoms with Gasteiger partial charge in [0.05, 0.1) is 20.8 Å². The van der Waals surface area contributed by atoms with Crippen molar-refractivity contribution in [3.63, 3.8) is 0 Å². The average molecular weight is 212 g/mol. The summed E-state index contributed by atoms with van der Waals surface area (Å²) in [4.78, 5) is 19.2. The second kappa shape index (κ2) is 5.16. The first-order chi connectivity index (χ1) is 7.17. The number of carboxylic acid groups (broad SMARTS) is 1. The maximum atomic E-state index is 10.3. The molecule has 0 aliphatic carbocycles. The molecule has 0 unspecified atom stereocenters. The van der Waals surface area contributed by atoms with Crippen LogP contribution in [0.3, 0.4) is 0 Å². The van der Waals surface area contributed by atoms with Gasteiger partial charge in [0.15, 0.2) is 0 Å². The quantitative estimate of drug-likeness (QED) is 0.685. The Morgan fingerprint density at radius 1 is 1.67 bits per heavy atom. The summed E-state index contributed by atoms with van der Waals surface area (Å²) in [7, 11) is 2.97. The summed E-state index contributed by atoms with van der Waals surface area (Å²) in [5, 5.41) is 9.86. The molecular formula is C9H12N2O4. The van der Waals surface area contributed by atoms with E-state index in [2.05, 4.69) is 4.99 Å². The van der Waals surface area contributed by atoms with E-state index in [1.807, 2.05) is 0 Å². The fraction of sp³-hybridized carbons (Fsp3) is 0.333. The van der Waals surface area contributed by atoms with Gasteiger partial charge in [-0.3, -0.25) is 4.84 Å². The van der Waals surface area contributed by atoms with E-state index >= 15 is 0 Å². The van der Waals surface area contributed by atoms with Crippen LogP contribution in [0, 0.1) is 0 Å². The van der Waals surface area contributed by atoms with Gasteiger partial charge in [0.1, 0.15) is 0 Å². The normalized spacial score (nSPS) is 16.3. The van der Waals surface area contributed by atoms with Crippen molar-refractivity contribution in [2.45, 2.75) is 0 Å². The van der Waals surface area contributed by atoms with Crippen LogP contribution in [0.15, 0.2) is 28.9 Å². The van der Waals surface area contributed by atoms with E-state index in [4.69, 9.17) is 14.7 Å². The van der Waals surface area contributed by atoms with Crippen LogP contribution in [0.25, 0.3) is 0 Å². The summed E-state index contributed by atoms with van der Waals surface area (Å²) in [6.07, 6.45) is 4.05. The molecule has 0 aromatic rings. The van der Waals surface area contributed by atoms with Gasteiger partial charge in [-0.1, -0.05) is 0 Å². The molecule has 0 aromatic heterocycles. The maximum Gasteiger partial charge on any atom is 0.328 e. The van der Waals surface area contributed by atoms with Crippen molar-refractivity contribution >= 4 is 12.0 Å². The number of hydroxylamine groups is 2. The summed E-state index contributed by atoms with van der Waals surface area (Å²) in [6.45, 7) is 0.396. The molecule has 0 fully saturated rings. The topological polar surface area (TPSA) is 71.4 Å². The lowest BCUT2D eigenvalue weighted by atomic mass is 10.2. The average Bonchev–Trinajstić information content (AvgIpc) is 2.25. The summed E-state index contributed by atoms with van der Waals surface area (Å²) >= 11 is 0. The molecule has 0 aromatic carbocycles. The van der Waals surface area contributed by atoms with Gasteiger partial charge in [-0.05, 0) is 11.6 Å². The largest absolute Gasteiger partial charge is 0.478 e. The molecule has 1 rings (SSSR count). The Bertz CT molecular complexity index is 333. The van der Waals surface area contributed by atoms with Crippen LogP contribution in [0.4, 0.5) is 0 Å². The number of hydrogen-bond acceptors (Lipinski definition) is 5. The SMILES string of the molecule is COC1=NC=C(C=CC(=O)O)CN1OC. The number of ether oxygens (including phenoxy) is 1. The lowest BCUT2D eigenvalue weighted by Crippen LogP contribution is -2.34. The van der Waals surface area contributed by atoms with E-state index in [1.165, 1.54) is 31.6 Å². The van der Waals surface area contributed by atoms with Crippen LogP contribution in [0.5, 0.6) is 0 Å². The van der Waals surface area contributed by atoms with Gasteiger partial charge < -0.3 is 9.84 Å². The fourth-order valence-electron chi connectivity index (χ4n) is 1.05. The number of carbonyl (C=O) groups is 1. The molecule has 1 aliphatic heterocycles. The van der Waals surface area contributed by atoms with Crippen molar-refractivity contribution in [3.05, 3.63) is 23.9 Å². The second-order valence-corrected chi connectivity index (χ2v) is 2.71. The van der Waals surface area contributed by atoms with Crippen LogP contribution in [0.1, 0.15) is 0 Å². The minimum atomic E-state index is -0.999. The molecule has 0 bridgehead atoms. The van der Waals surface area contributed by atoms with E-state index in [1.54, 1.807) is 0 Å². The van der Waals surface area contributed by atoms with Crippen LogP contribution in [0.2, 0.25) is 0 Å². The van der Waals surface area contributed by atoms with Gasteiger partial charge in [0.25, 0.3) is 0 Å². The van der Waals surface area contributed by atoms with Crippen molar-refractivity contribution in [3.8, 4) is 0 Å². The molecule has 0 atom stereocenters. The Hall–Kier alpha value is -1.82. The number of aliphatic imine (C=N–C) groups is 1. The minimum Gasteiger partial charge on any atom is -0.478 e. The van der Waals surface area contributed by atoms with Gasteiger partial charge in [-0.25, -0.2) is 14.9 Å². The predicted octanol–water partition coefficient (Wildman–Crippen LogP) is 0.391. The molecule has 15 heavy (non-hydrogen) atoms. The number of rotatable bonds is 3. The third-order valence-electron chi connectivity index (χ3n) is 1.72. The van der Waals surface area contributed by atoms with Crippen LogP contribution >= 0.6 is 0 Å². The highest BCUT2D eigenvalue weighted by Crippen LogP contribution is 2.09. The highest BCUT2D eigenvalue weighted by Gasteiger charge is 2.16. The van der Waals surface area contributed by atoms with Crippen LogP contribution in [-0.4, -0.2) is 42.9 Å². The third-order valence-corrected chi connectivity index (χ3v) is 1.72. The van der Waals surface area contributed by atoms with Crippen LogP contribution in [-0.2, 0) is 14.4 Å². The van der Waals surface area contributed by atoms with Crippen molar-refractivity contribution in [2.75, 3.05) is 20.8 Å². The zero-order valence-corrected chi connectivity index (χ0v) is 8.51. The Morgan fingerprint density at radius 3 is 2.93 bits per heavy atom. The van der Waals surface area contributed by atoms with Crippen molar-refractivity contribution in [1.29, 1.82) is 0 Å². The number of aliphatic carboxylic acids is 1. The smallest absolute Gasteiger partial charge is 0.328 e. The highest BCUT2D eigenvalue weighted by molar-refractivity contribution is 5.81. The first-order valence-corrected chi connectivity index (χ1v) is 4.21. The lowest BCUT2D eigenvalue weighted by Gasteiger charge is -2.24. The van der Waals surface area contributed by atoms with E-state index < -0.39 is 5.97 Å². The van der Waals surface area contributed by atoms with Gasteiger partial charge >= 0.3 is 12.0 Å². The molecule has 0 radical (unpaired) electrons. The van der Waals surface area contributed by atoms with Crippen LogP contribution < -0.4 is 0 Å². The molecule has 0 amide bonds. The van der Waals surface area contributed by atoms with Crippen molar-refractivity contribution < 1.29 is 19.5 Å². The number of hydrogen-bond donors (Lipinski definition) is 1. The monoisotopic (exact) mass is 212 g/mol. The zero-order chi connectivity index (χ0) is 11.3. The molecule has 6 nitrogen and oxygen atoms in total. The maximum absolute atomic E-state index is 10.3. The number of methoxy groups -OCH3 is 1. The summed E-state index contributed by atoms with van der Waals surface area (Å²) in [5.74, 6) is -0.999. The molecule has 0 spiro atoms. The first kappa shape index (κ1) is 11.3. The summed E-state index contributed by atoms with van der Waals surface area (Å²) in [5.41, 5.74) is 0.722. The Morgan fingerprint density at radius 2 is 2.40 bits per heavy atom. The molecule has 1 N–H and O–H groups in total. The lowest BCUT2D eigenvalue weighted by molar-refractivity contribution is -0.131. The number of nitrogens with zero attached hydrogens (tertiary/aromatic N) is 2.